The zero-order chi connectivity index (χ0) is 14.8. The largest absolute Gasteiger partial charge is 0.497 e. The fourth-order valence-corrected chi connectivity index (χ4v) is 1.91. The van der Waals surface area contributed by atoms with Crippen LogP contribution in [-0.2, 0) is 6.54 Å². The number of rotatable bonds is 4. The van der Waals surface area contributed by atoms with Crippen LogP contribution < -0.4 is 10.1 Å². The number of hydrogen-bond acceptors (Lipinski definition) is 4. The topological polar surface area (TPSA) is 52.0 Å². The van der Waals surface area contributed by atoms with Crippen molar-refractivity contribution in [1.82, 2.24) is 20.3 Å². The van der Waals surface area contributed by atoms with Crippen molar-refractivity contribution >= 4 is 11.6 Å². The SMILES string of the molecule is COc1ccc(Cl)c(-n2nncc2CNC(C)(C)C)c1. The molecule has 0 spiro atoms. The van der Waals surface area contributed by atoms with Crippen molar-refractivity contribution in [3.8, 4) is 11.4 Å². The minimum atomic E-state index is 0.0211. The van der Waals surface area contributed by atoms with Gasteiger partial charge in [-0.2, -0.15) is 0 Å². The van der Waals surface area contributed by atoms with Crippen LogP contribution in [0.25, 0.3) is 5.69 Å². The molecule has 0 aliphatic rings. The van der Waals surface area contributed by atoms with E-state index in [1.54, 1.807) is 24.1 Å². The average molecular weight is 295 g/mol. The number of nitrogens with one attached hydrogen (secondary N) is 1. The van der Waals surface area contributed by atoms with Gasteiger partial charge in [0.2, 0.25) is 0 Å². The van der Waals surface area contributed by atoms with Gasteiger partial charge in [-0.15, -0.1) is 5.10 Å². The molecule has 2 rings (SSSR count). The van der Waals surface area contributed by atoms with Gasteiger partial charge in [0.05, 0.1) is 29.7 Å². The first-order valence-corrected chi connectivity index (χ1v) is 6.77. The molecule has 0 fully saturated rings. The summed E-state index contributed by atoms with van der Waals surface area (Å²) in [5.41, 5.74) is 1.72. The lowest BCUT2D eigenvalue weighted by atomic mass is 10.1. The molecular weight excluding hydrogens is 276 g/mol. The number of aromatic nitrogens is 3. The van der Waals surface area contributed by atoms with E-state index in [1.807, 2.05) is 12.1 Å². The van der Waals surface area contributed by atoms with Gasteiger partial charge in [-0.05, 0) is 32.9 Å². The first-order valence-electron chi connectivity index (χ1n) is 6.39. The molecule has 1 aromatic carbocycles. The smallest absolute Gasteiger partial charge is 0.121 e. The van der Waals surface area contributed by atoms with Gasteiger partial charge in [0.1, 0.15) is 5.75 Å². The number of ether oxygens (including phenoxy) is 1. The summed E-state index contributed by atoms with van der Waals surface area (Å²) in [6.45, 7) is 6.99. The van der Waals surface area contributed by atoms with E-state index in [2.05, 4.69) is 36.4 Å². The van der Waals surface area contributed by atoms with Crippen LogP contribution in [0.3, 0.4) is 0 Å². The Morgan fingerprint density at radius 1 is 1.35 bits per heavy atom. The normalized spacial score (nSPS) is 11.7. The molecule has 0 aliphatic heterocycles. The van der Waals surface area contributed by atoms with Gasteiger partial charge >= 0.3 is 0 Å². The van der Waals surface area contributed by atoms with Gasteiger partial charge < -0.3 is 10.1 Å². The second-order valence-electron chi connectivity index (χ2n) is 5.56. The summed E-state index contributed by atoms with van der Waals surface area (Å²) < 4.78 is 6.95. The van der Waals surface area contributed by atoms with Gasteiger partial charge in [-0.3, -0.25) is 0 Å². The van der Waals surface area contributed by atoms with Crippen molar-refractivity contribution in [1.29, 1.82) is 0 Å². The van der Waals surface area contributed by atoms with E-state index in [-0.39, 0.29) is 5.54 Å². The molecule has 2 aromatic rings. The van der Waals surface area contributed by atoms with E-state index in [0.29, 0.717) is 11.6 Å². The van der Waals surface area contributed by atoms with E-state index >= 15 is 0 Å². The highest BCUT2D eigenvalue weighted by Crippen LogP contribution is 2.25. The molecule has 1 heterocycles. The maximum Gasteiger partial charge on any atom is 0.121 e. The quantitative estimate of drug-likeness (QED) is 0.942. The zero-order valence-electron chi connectivity index (χ0n) is 12.1. The molecule has 1 aromatic heterocycles. The van der Waals surface area contributed by atoms with Crippen LogP contribution in [0.2, 0.25) is 5.02 Å². The van der Waals surface area contributed by atoms with Crippen molar-refractivity contribution in [3.05, 3.63) is 35.1 Å². The molecule has 1 N–H and O–H groups in total. The number of benzene rings is 1. The number of halogens is 1. The van der Waals surface area contributed by atoms with Crippen LogP contribution in [0.5, 0.6) is 5.75 Å². The van der Waals surface area contributed by atoms with Gasteiger partial charge in [0, 0.05) is 18.2 Å². The molecule has 6 heteroatoms. The highest BCUT2D eigenvalue weighted by atomic mass is 35.5. The van der Waals surface area contributed by atoms with Gasteiger partial charge in [-0.1, -0.05) is 16.8 Å². The summed E-state index contributed by atoms with van der Waals surface area (Å²) in [7, 11) is 1.62. The van der Waals surface area contributed by atoms with Crippen LogP contribution in [-0.4, -0.2) is 27.6 Å². The minimum Gasteiger partial charge on any atom is -0.497 e. The lowest BCUT2D eigenvalue weighted by Crippen LogP contribution is -2.35. The van der Waals surface area contributed by atoms with Gasteiger partial charge in [-0.25, -0.2) is 4.68 Å². The summed E-state index contributed by atoms with van der Waals surface area (Å²) in [4.78, 5) is 0. The van der Waals surface area contributed by atoms with Crippen LogP contribution in [0.15, 0.2) is 24.4 Å². The first-order chi connectivity index (χ1) is 9.40. The summed E-state index contributed by atoms with van der Waals surface area (Å²) in [5.74, 6) is 0.731. The third-order valence-corrected chi connectivity index (χ3v) is 3.12. The van der Waals surface area contributed by atoms with E-state index < -0.39 is 0 Å². The Hall–Kier alpha value is -1.59. The third kappa shape index (κ3) is 3.49. The van der Waals surface area contributed by atoms with E-state index in [9.17, 15) is 0 Å². The number of nitrogens with zero attached hydrogens (tertiary/aromatic N) is 3. The van der Waals surface area contributed by atoms with E-state index in [0.717, 1.165) is 17.1 Å². The Balaban J connectivity index is 2.32. The average Bonchev–Trinajstić information content (AvgIpc) is 2.84. The molecule has 0 saturated heterocycles. The highest BCUT2D eigenvalue weighted by molar-refractivity contribution is 6.32. The Labute approximate surface area is 123 Å². The second-order valence-corrected chi connectivity index (χ2v) is 5.97. The van der Waals surface area contributed by atoms with Gasteiger partial charge in [0.25, 0.3) is 0 Å². The Morgan fingerprint density at radius 2 is 2.10 bits per heavy atom. The van der Waals surface area contributed by atoms with E-state index in [1.165, 1.54) is 0 Å². The van der Waals surface area contributed by atoms with Crippen LogP contribution in [0.1, 0.15) is 26.5 Å². The Kier molecular flexibility index (Phi) is 4.30. The maximum atomic E-state index is 6.24. The molecule has 0 saturated carbocycles. The molecule has 20 heavy (non-hydrogen) atoms. The Morgan fingerprint density at radius 3 is 2.75 bits per heavy atom. The number of hydrogen-bond donors (Lipinski definition) is 1. The lowest BCUT2D eigenvalue weighted by molar-refractivity contribution is 0.413. The standard InChI is InChI=1S/C14H19ClN4O/c1-14(2,3)16-8-10-9-17-18-19(10)13-7-11(20-4)5-6-12(13)15/h5-7,9,16H,8H2,1-4H3. The van der Waals surface area contributed by atoms with Crippen LogP contribution in [0, 0.1) is 0 Å². The molecule has 108 valence electrons. The molecule has 0 radical (unpaired) electrons. The summed E-state index contributed by atoms with van der Waals surface area (Å²) in [6.07, 6.45) is 1.73. The molecule has 0 aliphatic carbocycles. The summed E-state index contributed by atoms with van der Waals surface area (Å²) in [5, 5.41) is 12.1. The minimum absolute atomic E-state index is 0.0211. The first kappa shape index (κ1) is 14.8. The molecule has 5 nitrogen and oxygen atoms in total. The van der Waals surface area contributed by atoms with E-state index in [4.69, 9.17) is 16.3 Å². The maximum absolute atomic E-state index is 6.24. The number of methoxy groups -OCH3 is 1. The van der Waals surface area contributed by atoms with Gasteiger partial charge in [0.15, 0.2) is 0 Å². The molecule has 0 amide bonds. The lowest BCUT2D eigenvalue weighted by Gasteiger charge is -2.20. The van der Waals surface area contributed by atoms with Crippen molar-refractivity contribution in [2.24, 2.45) is 0 Å². The molecular formula is C14H19ClN4O. The molecule has 0 bridgehead atoms. The summed E-state index contributed by atoms with van der Waals surface area (Å²) in [6, 6.07) is 5.45. The highest BCUT2D eigenvalue weighted by Gasteiger charge is 2.14. The Bertz CT molecular complexity index is 589. The zero-order valence-corrected chi connectivity index (χ0v) is 12.9. The predicted octanol–water partition coefficient (Wildman–Crippen LogP) is 2.82. The fourth-order valence-electron chi connectivity index (χ4n) is 1.72. The fraction of sp³-hybridized carbons (Fsp3) is 0.429. The van der Waals surface area contributed by atoms with Crippen molar-refractivity contribution in [2.75, 3.05) is 7.11 Å². The van der Waals surface area contributed by atoms with Crippen LogP contribution in [0.4, 0.5) is 0 Å². The van der Waals surface area contributed by atoms with Crippen molar-refractivity contribution < 1.29 is 4.74 Å². The predicted molar refractivity (Wildman–Crippen MR) is 79.5 cm³/mol. The molecule has 0 atom stereocenters. The molecule has 0 unspecified atom stereocenters. The third-order valence-electron chi connectivity index (χ3n) is 2.80. The summed E-state index contributed by atoms with van der Waals surface area (Å²) >= 11 is 6.24. The second kappa shape index (κ2) is 5.81. The van der Waals surface area contributed by atoms with Crippen molar-refractivity contribution in [2.45, 2.75) is 32.9 Å². The van der Waals surface area contributed by atoms with Crippen molar-refractivity contribution in [3.63, 3.8) is 0 Å². The monoisotopic (exact) mass is 294 g/mol. The van der Waals surface area contributed by atoms with Crippen LogP contribution >= 0.6 is 11.6 Å².